The van der Waals surface area contributed by atoms with Gasteiger partial charge in [-0.05, 0) is 31.1 Å². The van der Waals surface area contributed by atoms with Gasteiger partial charge in [-0.15, -0.1) is 0 Å². The van der Waals surface area contributed by atoms with Crippen LogP contribution in [-0.2, 0) is 0 Å². The van der Waals surface area contributed by atoms with Gasteiger partial charge in [0.2, 0.25) is 0 Å². The Morgan fingerprint density at radius 3 is 2.00 bits per heavy atom. The molecule has 0 radical (unpaired) electrons. The second-order valence-corrected chi connectivity index (χ2v) is 3.98. The monoisotopic (exact) mass is 179 g/mol. The molecule has 0 aliphatic heterocycles. The normalized spacial score (nSPS) is 47.0. The quantitative estimate of drug-likeness (QED) is 0.604. The molecule has 2 bridgehead atoms. The Morgan fingerprint density at radius 1 is 1.08 bits per heavy atom. The smallest absolute Gasteiger partial charge is 0.327 e. The lowest BCUT2D eigenvalue weighted by atomic mass is 9.84. The van der Waals surface area contributed by atoms with Crippen LogP contribution >= 0.6 is 0 Å². The number of fused-ring (bicyclic) bond motifs is 2. The molecule has 0 spiro atoms. The third-order valence-electron chi connectivity index (χ3n) is 3.36. The molecule has 0 heterocycles. The molecule has 2 N–H and O–H groups in total. The lowest BCUT2D eigenvalue weighted by Crippen LogP contribution is -2.43. The summed E-state index contributed by atoms with van der Waals surface area (Å²) in [5, 5.41) is 0. The number of halogens is 3. The van der Waals surface area contributed by atoms with Crippen molar-refractivity contribution >= 4 is 0 Å². The molecule has 4 heteroatoms. The first-order chi connectivity index (χ1) is 5.50. The summed E-state index contributed by atoms with van der Waals surface area (Å²) in [5.74, 6) is -1.25. The topological polar surface area (TPSA) is 26.0 Å². The maximum Gasteiger partial charge on any atom is 0.393 e. The molecule has 2 aliphatic carbocycles. The highest BCUT2D eigenvalue weighted by Gasteiger charge is 2.57. The van der Waals surface area contributed by atoms with Gasteiger partial charge in [-0.1, -0.05) is 0 Å². The van der Waals surface area contributed by atoms with Crippen molar-refractivity contribution in [2.75, 3.05) is 0 Å². The average Bonchev–Trinajstić information content (AvgIpc) is 2.42. The maximum absolute atomic E-state index is 12.4. The molecule has 70 valence electrons. The third-order valence-corrected chi connectivity index (χ3v) is 3.36. The average molecular weight is 179 g/mol. The van der Waals surface area contributed by atoms with Crippen molar-refractivity contribution < 1.29 is 13.2 Å². The molecule has 4 atom stereocenters. The Labute approximate surface area is 69.1 Å². The highest BCUT2D eigenvalue weighted by Crippen LogP contribution is 2.53. The summed E-state index contributed by atoms with van der Waals surface area (Å²) in [6.07, 6.45) is -1.74. The van der Waals surface area contributed by atoms with Crippen molar-refractivity contribution in [3.8, 4) is 0 Å². The molecule has 0 aromatic rings. The minimum Gasteiger partial charge on any atom is -0.327 e. The Morgan fingerprint density at radius 2 is 1.67 bits per heavy atom. The van der Waals surface area contributed by atoms with E-state index in [0.717, 1.165) is 12.8 Å². The fourth-order valence-corrected chi connectivity index (χ4v) is 2.82. The molecular formula is C8H12F3N. The van der Waals surface area contributed by atoms with E-state index in [-0.39, 0.29) is 11.8 Å². The van der Waals surface area contributed by atoms with Crippen LogP contribution in [0.25, 0.3) is 0 Å². The van der Waals surface area contributed by atoms with E-state index >= 15 is 0 Å². The van der Waals surface area contributed by atoms with E-state index in [1.54, 1.807) is 0 Å². The van der Waals surface area contributed by atoms with E-state index in [1.165, 1.54) is 0 Å². The first-order valence-electron chi connectivity index (χ1n) is 4.32. The van der Waals surface area contributed by atoms with Crippen LogP contribution in [0.5, 0.6) is 0 Å². The van der Waals surface area contributed by atoms with Crippen molar-refractivity contribution in [2.24, 2.45) is 23.5 Å². The molecule has 0 amide bonds. The van der Waals surface area contributed by atoms with Crippen LogP contribution in [0.4, 0.5) is 13.2 Å². The Balaban J connectivity index is 2.17. The molecule has 0 aromatic heterocycles. The number of hydrogen-bond acceptors (Lipinski definition) is 1. The van der Waals surface area contributed by atoms with Gasteiger partial charge in [0.15, 0.2) is 0 Å². The van der Waals surface area contributed by atoms with E-state index in [0.29, 0.717) is 6.42 Å². The molecule has 0 saturated heterocycles. The van der Waals surface area contributed by atoms with Gasteiger partial charge in [0, 0.05) is 6.04 Å². The molecule has 2 fully saturated rings. The van der Waals surface area contributed by atoms with Crippen molar-refractivity contribution in [2.45, 2.75) is 31.5 Å². The summed E-state index contributed by atoms with van der Waals surface area (Å²) in [6.45, 7) is 0. The van der Waals surface area contributed by atoms with Gasteiger partial charge in [0.05, 0.1) is 5.92 Å². The second kappa shape index (κ2) is 2.37. The van der Waals surface area contributed by atoms with Crippen molar-refractivity contribution in [1.82, 2.24) is 0 Å². The molecular weight excluding hydrogens is 167 g/mol. The summed E-state index contributed by atoms with van der Waals surface area (Å²) in [6, 6.07) is -0.622. The van der Waals surface area contributed by atoms with Crippen LogP contribution in [0.3, 0.4) is 0 Å². The van der Waals surface area contributed by atoms with Crippen molar-refractivity contribution in [1.29, 1.82) is 0 Å². The first kappa shape index (κ1) is 8.35. The van der Waals surface area contributed by atoms with Gasteiger partial charge in [-0.3, -0.25) is 0 Å². The van der Waals surface area contributed by atoms with E-state index in [9.17, 15) is 13.2 Å². The lowest BCUT2D eigenvalue weighted by molar-refractivity contribution is -0.190. The number of hydrogen-bond donors (Lipinski definition) is 1. The van der Waals surface area contributed by atoms with Crippen LogP contribution in [-0.4, -0.2) is 12.2 Å². The fourth-order valence-electron chi connectivity index (χ4n) is 2.82. The highest BCUT2D eigenvalue weighted by molar-refractivity contribution is 5.01. The second-order valence-electron chi connectivity index (χ2n) is 3.98. The minimum atomic E-state index is -4.07. The van der Waals surface area contributed by atoms with Gasteiger partial charge in [-0.2, -0.15) is 13.2 Å². The van der Waals surface area contributed by atoms with E-state index < -0.39 is 18.1 Å². The molecule has 12 heavy (non-hydrogen) atoms. The van der Waals surface area contributed by atoms with Crippen molar-refractivity contribution in [3.05, 3.63) is 0 Å². The van der Waals surface area contributed by atoms with E-state index in [2.05, 4.69) is 0 Å². The van der Waals surface area contributed by atoms with E-state index in [4.69, 9.17) is 5.73 Å². The van der Waals surface area contributed by atoms with Crippen molar-refractivity contribution in [3.63, 3.8) is 0 Å². The van der Waals surface area contributed by atoms with Gasteiger partial charge in [-0.25, -0.2) is 0 Å². The van der Waals surface area contributed by atoms with Crippen LogP contribution in [0, 0.1) is 17.8 Å². The van der Waals surface area contributed by atoms with Crippen LogP contribution in [0.2, 0.25) is 0 Å². The molecule has 2 saturated carbocycles. The van der Waals surface area contributed by atoms with E-state index in [1.807, 2.05) is 0 Å². The largest absolute Gasteiger partial charge is 0.393 e. The predicted octanol–water partition coefficient (Wildman–Crippen LogP) is 1.92. The van der Waals surface area contributed by atoms with Gasteiger partial charge in [0.1, 0.15) is 0 Å². The minimum absolute atomic E-state index is 0.140. The standard InChI is InChI=1S/C8H12F3N/c9-8(10,11)6-4-1-2-5(3-4)7(6)12/h4-7H,1-3,12H2/t4-,5+,6-,7-/m1/s1. The summed E-state index contributed by atoms with van der Waals surface area (Å²) >= 11 is 0. The van der Waals surface area contributed by atoms with Gasteiger partial charge < -0.3 is 5.73 Å². The maximum atomic E-state index is 12.4. The zero-order valence-electron chi connectivity index (χ0n) is 6.64. The van der Waals surface area contributed by atoms with Crippen LogP contribution in [0.1, 0.15) is 19.3 Å². The summed E-state index contributed by atoms with van der Waals surface area (Å²) in [5.41, 5.74) is 5.53. The zero-order chi connectivity index (χ0) is 8.93. The zero-order valence-corrected chi connectivity index (χ0v) is 6.64. The number of rotatable bonds is 0. The third kappa shape index (κ3) is 1.04. The van der Waals surface area contributed by atoms with Gasteiger partial charge >= 0.3 is 6.18 Å². The highest BCUT2D eigenvalue weighted by atomic mass is 19.4. The molecule has 0 unspecified atom stereocenters. The molecule has 0 aromatic carbocycles. The summed E-state index contributed by atoms with van der Waals surface area (Å²) in [7, 11) is 0. The first-order valence-corrected chi connectivity index (χ1v) is 4.32. The van der Waals surface area contributed by atoms with Gasteiger partial charge in [0.25, 0.3) is 0 Å². The molecule has 1 nitrogen and oxygen atoms in total. The fraction of sp³-hybridized carbons (Fsp3) is 1.00. The Kier molecular flexibility index (Phi) is 1.65. The molecule has 2 aliphatic rings. The number of alkyl halides is 3. The number of nitrogens with two attached hydrogens (primary N) is 1. The van der Waals surface area contributed by atoms with Crippen LogP contribution in [0.15, 0.2) is 0 Å². The predicted molar refractivity (Wildman–Crippen MR) is 38.4 cm³/mol. The lowest BCUT2D eigenvalue weighted by Gasteiger charge is -2.29. The molecule has 2 rings (SSSR count). The summed E-state index contributed by atoms with van der Waals surface area (Å²) < 4.78 is 37.2. The SMILES string of the molecule is N[C@@H]1[C@H]2CC[C@H](C2)[C@H]1C(F)(F)F. The summed E-state index contributed by atoms with van der Waals surface area (Å²) in [4.78, 5) is 0. The van der Waals surface area contributed by atoms with Crippen LogP contribution < -0.4 is 5.73 Å². The Bertz CT molecular complexity index is 187. The Hall–Kier alpha value is -0.250.